The molecule has 2 aliphatic heterocycles. The maximum atomic E-state index is 13.4. The Kier molecular flexibility index (Phi) is 4.57. The van der Waals surface area contributed by atoms with E-state index < -0.39 is 0 Å². The maximum Gasteiger partial charge on any atom is 0.123 e. The van der Waals surface area contributed by atoms with Crippen LogP contribution < -0.4 is 4.90 Å². The molecule has 2 fully saturated rings. The fraction of sp³-hybridized carbons (Fsp3) is 0.700. The molecule has 0 spiro atoms. The van der Waals surface area contributed by atoms with Gasteiger partial charge in [-0.2, -0.15) is 0 Å². The summed E-state index contributed by atoms with van der Waals surface area (Å²) >= 11 is 0. The van der Waals surface area contributed by atoms with E-state index in [1.807, 2.05) is 6.07 Å². The normalized spacial score (nSPS) is 23.6. The highest BCUT2D eigenvalue weighted by Crippen LogP contribution is 2.33. The van der Waals surface area contributed by atoms with Crippen molar-refractivity contribution in [3.8, 4) is 0 Å². The molecule has 1 aliphatic carbocycles. The lowest BCUT2D eigenvalue weighted by molar-refractivity contribution is 0.197. The highest BCUT2D eigenvalue weighted by atomic mass is 19.1. The SMILES string of the molecule is Fc1ccc2c(c1)CCN2C1CCN(CCC2CCCC2)CC1. The van der Waals surface area contributed by atoms with Crippen molar-refractivity contribution in [2.24, 2.45) is 5.92 Å². The number of halogens is 1. The molecule has 2 heterocycles. The Morgan fingerprint density at radius 1 is 1.00 bits per heavy atom. The summed E-state index contributed by atoms with van der Waals surface area (Å²) in [5, 5.41) is 0. The van der Waals surface area contributed by atoms with Crippen LogP contribution in [0.25, 0.3) is 0 Å². The summed E-state index contributed by atoms with van der Waals surface area (Å²) in [5.41, 5.74) is 2.49. The minimum Gasteiger partial charge on any atom is -0.368 e. The number of nitrogens with zero attached hydrogens (tertiary/aromatic N) is 2. The van der Waals surface area contributed by atoms with Gasteiger partial charge in [0, 0.05) is 31.4 Å². The third-order valence-electron chi connectivity index (χ3n) is 6.30. The van der Waals surface area contributed by atoms with Crippen LogP contribution in [0.1, 0.15) is 50.5 Å². The van der Waals surface area contributed by atoms with Gasteiger partial charge in [0.25, 0.3) is 0 Å². The Balaban J connectivity index is 1.29. The van der Waals surface area contributed by atoms with Gasteiger partial charge in [-0.1, -0.05) is 25.7 Å². The summed E-state index contributed by atoms with van der Waals surface area (Å²) < 4.78 is 13.4. The van der Waals surface area contributed by atoms with Crippen molar-refractivity contribution < 1.29 is 4.39 Å². The van der Waals surface area contributed by atoms with Gasteiger partial charge in [0.1, 0.15) is 5.82 Å². The molecular formula is C20H29FN2. The highest BCUT2D eigenvalue weighted by Gasteiger charge is 2.29. The van der Waals surface area contributed by atoms with E-state index in [9.17, 15) is 4.39 Å². The molecular weight excluding hydrogens is 287 g/mol. The van der Waals surface area contributed by atoms with E-state index in [1.54, 1.807) is 12.1 Å². The van der Waals surface area contributed by atoms with E-state index in [0.29, 0.717) is 6.04 Å². The first kappa shape index (κ1) is 15.4. The van der Waals surface area contributed by atoms with Gasteiger partial charge in [0.05, 0.1) is 0 Å². The van der Waals surface area contributed by atoms with Crippen molar-refractivity contribution in [2.45, 2.75) is 57.4 Å². The standard InChI is InChI=1S/C20H29FN2/c21-18-5-6-20-17(15-18)8-14-23(20)19-9-12-22(13-10-19)11-7-16-3-1-2-4-16/h5-6,15-16,19H,1-4,7-14H2. The zero-order chi connectivity index (χ0) is 15.6. The lowest BCUT2D eigenvalue weighted by Crippen LogP contribution is -2.44. The average Bonchev–Trinajstić information content (AvgIpc) is 3.22. The van der Waals surface area contributed by atoms with Crippen LogP contribution in [0.5, 0.6) is 0 Å². The summed E-state index contributed by atoms with van der Waals surface area (Å²) in [6, 6.07) is 5.99. The molecule has 23 heavy (non-hydrogen) atoms. The minimum atomic E-state index is -0.0904. The molecule has 0 unspecified atom stereocenters. The van der Waals surface area contributed by atoms with Crippen molar-refractivity contribution in [1.29, 1.82) is 0 Å². The van der Waals surface area contributed by atoms with Crippen molar-refractivity contribution in [1.82, 2.24) is 4.90 Å². The number of rotatable bonds is 4. The van der Waals surface area contributed by atoms with Gasteiger partial charge in [-0.15, -0.1) is 0 Å². The zero-order valence-electron chi connectivity index (χ0n) is 14.1. The van der Waals surface area contributed by atoms with Crippen LogP contribution in [0.15, 0.2) is 18.2 Å². The van der Waals surface area contributed by atoms with E-state index in [2.05, 4.69) is 9.80 Å². The van der Waals surface area contributed by atoms with Crippen LogP contribution in [-0.2, 0) is 6.42 Å². The van der Waals surface area contributed by atoms with Crippen molar-refractivity contribution in [3.63, 3.8) is 0 Å². The van der Waals surface area contributed by atoms with E-state index in [-0.39, 0.29) is 5.82 Å². The quantitative estimate of drug-likeness (QED) is 0.820. The third kappa shape index (κ3) is 3.40. The van der Waals surface area contributed by atoms with Gasteiger partial charge in [0.15, 0.2) is 0 Å². The lowest BCUT2D eigenvalue weighted by Gasteiger charge is -2.38. The third-order valence-corrected chi connectivity index (χ3v) is 6.30. The first-order valence-electron chi connectivity index (χ1n) is 9.57. The summed E-state index contributed by atoms with van der Waals surface area (Å²) in [4.78, 5) is 5.22. The predicted molar refractivity (Wildman–Crippen MR) is 93.5 cm³/mol. The largest absolute Gasteiger partial charge is 0.368 e. The fourth-order valence-corrected chi connectivity index (χ4v) is 4.89. The Bertz CT molecular complexity index is 530. The average molecular weight is 316 g/mol. The summed E-state index contributed by atoms with van der Waals surface area (Å²) in [6.07, 6.45) is 10.8. The van der Waals surface area contributed by atoms with Gasteiger partial charge >= 0.3 is 0 Å². The van der Waals surface area contributed by atoms with E-state index in [0.717, 1.165) is 18.9 Å². The summed E-state index contributed by atoms with van der Waals surface area (Å²) in [7, 11) is 0. The first-order valence-corrected chi connectivity index (χ1v) is 9.57. The Hall–Kier alpha value is -1.09. The molecule has 3 heteroatoms. The van der Waals surface area contributed by atoms with Crippen LogP contribution in [0.4, 0.5) is 10.1 Å². The Labute approximate surface area is 139 Å². The second-order valence-electron chi connectivity index (χ2n) is 7.73. The van der Waals surface area contributed by atoms with E-state index >= 15 is 0 Å². The van der Waals surface area contributed by atoms with Crippen LogP contribution >= 0.6 is 0 Å². The molecule has 0 N–H and O–H groups in total. The van der Waals surface area contributed by atoms with Crippen molar-refractivity contribution in [2.75, 3.05) is 31.1 Å². The van der Waals surface area contributed by atoms with Gasteiger partial charge < -0.3 is 9.80 Å². The van der Waals surface area contributed by atoms with Crippen LogP contribution in [-0.4, -0.2) is 37.1 Å². The molecule has 2 nitrogen and oxygen atoms in total. The van der Waals surface area contributed by atoms with Crippen molar-refractivity contribution >= 4 is 5.69 Å². The second kappa shape index (κ2) is 6.80. The molecule has 1 aromatic carbocycles. The van der Waals surface area contributed by atoms with Gasteiger partial charge in [-0.05, 0) is 61.9 Å². The lowest BCUT2D eigenvalue weighted by atomic mass is 10.00. The molecule has 1 saturated heterocycles. The molecule has 1 aromatic rings. The number of benzene rings is 1. The molecule has 0 bridgehead atoms. The smallest absolute Gasteiger partial charge is 0.123 e. The van der Waals surface area contributed by atoms with E-state index in [4.69, 9.17) is 0 Å². The Morgan fingerprint density at radius 3 is 2.57 bits per heavy atom. The number of hydrogen-bond donors (Lipinski definition) is 0. The van der Waals surface area contributed by atoms with E-state index in [1.165, 1.54) is 75.8 Å². The molecule has 4 rings (SSSR count). The van der Waals surface area contributed by atoms with Gasteiger partial charge in [-0.25, -0.2) is 4.39 Å². The highest BCUT2D eigenvalue weighted by molar-refractivity contribution is 5.58. The topological polar surface area (TPSA) is 6.48 Å². The molecule has 1 saturated carbocycles. The number of fused-ring (bicyclic) bond motifs is 1. The number of hydrogen-bond acceptors (Lipinski definition) is 2. The first-order chi connectivity index (χ1) is 11.3. The van der Waals surface area contributed by atoms with Crippen molar-refractivity contribution in [3.05, 3.63) is 29.6 Å². The molecule has 0 atom stereocenters. The molecule has 3 aliphatic rings. The van der Waals surface area contributed by atoms with Gasteiger partial charge in [-0.3, -0.25) is 0 Å². The molecule has 126 valence electrons. The molecule has 0 amide bonds. The van der Waals surface area contributed by atoms with Crippen LogP contribution in [0, 0.1) is 11.7 Å². The summed E-state index contributed by atoms with van der Waals surface area (Å²) in [6.45, 7) is 4.86. The monoisotopic (exact) mass is 316 g/mol. The number of piperidine rings is 1. The fourth-order valence-electron chi connectivity index (χ4n) is 4.89. The Morgan fingerprint density at radius 2 is 1.78 bits per heavy atom. The van der Waals surface area contributed by atoms with Gasteiger partial charge in [0.2, 0.25) is 0 Å². The summed E-state index contributed by atoms with van der Waals surface area (Å²) in [5.74, 6) is 0.917. The second-order valence-corrected chi connectivity index (χ2v) is 7.73. The predicted octanol–water partition coefficient (Wildman–Crippen LogP) is 4.23. The van der Waals surface area contributed by atoms with Crippen LogP contribution in [0.3, 0.4) is 0 Å². The maximum absolute atomic E-state index is 13.4. The number of anilines is 1. The molecule has 0 radical (unpaired) electrons. The van der Waals surface area contributed by atoms with Crippen LogP contribution in [0.2, 0.25) is 0 Å². The number of likely N-dealkylation sites (tertiary alicyclic amines) is 1. The molecule has 0 aromatic heterocycles. The minimum absolute atomic E-state index is 0.0904. The zero-order valence-corrected chi connectivity index (χ0v) is 14.1.